The van der Waals surface area contributed by atoms with Gasteiger partial charge in [-0.05, 0) is 38.1 Å². The van der Waals surface area contributed by atoms with E-state index in [1.165, 1.54) is 5.56 Å². The molecule has 5 rings (SSSR count). The molecule has 4 aromatic rings. The van der Waals surface area contributed by atoms with Crippen molar-refractivity contribution in [1.82, 2.24) is 19.7 Å². The highest BCUT2D eigenvalue weighted by Gasteiger charge is 2.23. The third kappa shape index (κ3) is 3.57. The Kier molecular flexibility index (Phi) is 4.96. The topological polar surface area (TPSA) is 69.2 Å². The first kappa shape index (κ1) is 18.8. The van der Waals surface area contributed by atoms with Crippen molar-refractivity contribution in [2.75, 3.05) is 31.2 Å². The van der Waals surface area contributed by atoms with Crippen LogP contribution in [0.2, 0.25) is 0 Å². The van der Waals surface area contributed by atoms with Crippen LogP contribution >= 0.6 is 0 Å². The maximum absolute atomic E-state index is 5.56. The summed E-state index contributed by atoms with van der Waals surface area (Å²) >= 11 is 0. The zero-order valence-corrected chi connectivity index (χ0v) is 17.3. The maximum atomic E-state index is 5.56. The Bertz CT molecular complexity index is 1140. The van der Waals surface area contributed by atoms with Crippen molar-refractivity contribution in [1.29, 1.82) is 0 Å². The minimum absolute atomic E-state index is 0.707. The second-order valence-corrected chi connectivity index (χ2v) is 7.67. The van der Waals surface area contributed by atoms with E-state index in [9.17, 15) is 0 Å². The summed E-state index contributed by atoms with van der Waals surface area (Å²) in [5.41, 5.74) is 4.00. The molecule has 0 radical (unpaired) electrons. The van der Waals surface area contributed by atoms with Crippen molar-refractivity contribution in [2.45, 2.75) is 26.7 Å². The molecule has 0 spiro atoms. The molecule has 1 aromatic carbocycles. The van der Waals surface area contributed by atoms with E-state index in [0.717, 1.165) is 59.3 Å². The molecule has 4 heterocycles. The number of benzene rings is 1. The van der Waals surface area contributed by atoms with Crippen LogP contribution in [0.1, 0.15) is 22.8 Å². The molecule has 154 valence electrons. The van der Waals surface area contributed by atoms with E-state index in [1.54, 1.807) is 6.26 Å². The Morgan fingerprint density at radius 1 is 0.967 bits per heavy atom. The van der Waals surface area contributed by atoms with Crippen LogP contribution in [0.4, 0.5) is 5.82 Å². The van der Waals surface area contributed by atoms with E-state index < -0.39 is 0 Å². The second kappa shape index (κ2) is 7.91. The second-order valence-electron chi connectivity index (χ2n) is 7.67. The van der Waals surface area contributed by atoms with E-state index in [2.05, 4.69) is 36.1 Å². The van der Waals surface area contributed by atoms with Crippen molar-refractivity contribution in [3.05, 3.63) is 65.5 Å². The summed E-state index contributed by atoms with van der Waals surface area (Å²) < 4.78 is 13.0. The smallest absolute Gasteiger partial charge is 0.168 e. The summed E-state index contributed by atoms with van der Waals surface area (Å²) in [5, 5.41) is 5.85. The fourth-order valence-electron chi connectivity index (χ4n) is 3.88. The van der Waals surface area contributed by atoms with Gasteiger partial charge in [-0.2, -0.15) is 5.10 Å². The van der Waals surface area contributed by atoms with E-state index in [1.807, 2.05) is 23.7 Å². The maximum Gasteiger partial charge on any atom is 0.168 e. The van der Waals surface area contributed by atoms with Crippen LogP contribution in [0.5, 0.6) is 0 Å². The number of anilines is 1. The van der Waals surface area contributed by atoms with Gasteiger partial charge in [0.1, 0.15) is 17.4 Å². The summed E-state index contributed by atoms with van der Waals surface area (Å²) in [5.74, 6) is 2.69. The van der Waals surface area contributed by atoms with Gasteiger partial charge in [0.2, 0.25) is 0 Å². The Morgan fingerprint density at radius 3 is 2.50 bits per heavy atom. The lowest BCUT2D eigenvalue weighted by molar-refractivity contribution is 0.122. The summed E-state index contributed by atoms with van der Waals surface area (Å²) in [4.78, 5) is 12.2. The normalized spacial score (nSPS) is 14.5. The van der Waals surface area contributed by atoms with Gasteiger partial charge in [-0.1, -0.05) is 17.7 Å². The Morgan fingerprint density at radius 2 is 1.77 bits per heavy atom. The Hall–Kier alpha value is -3.19. The van der Waals surface area contributed by atoms with Gasteiger partial charge in [0.05, 0.1) is 36.2 Å². The highest BCUT2D eigenvalue weighted by molar-refractivity contribution is 5.91. The lowest BCUT2D eigenvalue weighted by Gasteiger charge is -2.28. The van der Waals surface area contributed by atoms with E-state index in [0.29, 0.717) is 19.6 Å². The quantitative estimate of drug-likeness (QED) is 0.507. The molecule has 1 aliphatic heterocycles. The average Bonchev–Trinajstić information content (AvgIpc) is 3.41. The van der Waals surface area contributed by atoms with Gasteiger partial charge >= 0.3 is 0 Å². The number of morpholine rings is 1. The van der Waals surface area contributed by atoms with Crippen molar-refractivity contribution < 1.29 is 9.15 Å². The molecule has 0 atom stereocenters. The molecular formula is C23H25N5O2. The van der Waals surface area contributed by atoms with Gasteiger partial charge in [0, 0.05) is 25.9 Å². The molecule has 0 unspecified atom stereocenters. The number of furan rings is 1. The van der Waals surface area contributed by atoms with Crippen LogP contribution < -0.4 is 4.90 Å². The Balaban J connectivity index is 1.62. The molecule has 7 heteroatoms. The van der Waals surface area contributed by atoms with Crippen LogP contribution in [-0.4, -0.2) is 46.1 Å². The van der Waals surface area contributed by atoms with Crippen molar-refractivity contribution in [3.8, 4) is 5.69 Å². The summed E-state index contributed by atoms with van der Waals surface area (Å²) in [6.45, 7) is 7.17. The van der Waals surface area contributed by atoms with E-state index >= 15 is 0 Å². The number of fused-ring (bicyclic) bond motifs is 1. The molecule has 0 aliphatic carbocycles. The minimum atomic E-state index is 0.707. The zero-order chi connectivity index (χ0) is 20.5. The van der Waals surface area contributed by atoms with Crippen molar-refractivity contribution in [2.24, 2.45) is 0 Å². The lowest BCUT2D eigenvalue weighted by atomic mass is 10.2. The molecule has 0 saturated carbocycles. The number of hydrogen-bond donors (Lipinski definition) is 0. The monoisotopic (exact) mass is 403 g/mol. The molecule has 0 bridgehead atoms. The predicted molar refractivity (Wildman–Crippen MR) is 115 cm³/mol. The van der Waals surface area contributed by atoms with Gasteiger partial charge < -0.3 is 14.1 Å². The fraction of sp³-hybridized carbons (Fsp3) is 0.348. The third-order valence-electron chi connectivity index (χ3n) is 5.49. The molecule has 7 nitrogen and oxygen atoms in total. The molecule has 1 saturated heterocycles. The van der Waals surface area contributed by atoms with Crippen LogP contribution in [0.3, 0.4) is 0 Å². The summed E-state index contributed by atoms with van der Waals surface area (Å²) in [6.07, 6.45) is 3.17. The van der Waals surface area contributed by atoms with Crippen LogP contribution in [0.15, 0.2) is 47.1 Å². The zero-order valence-electron chi connectivity index (χ0n) is 17.3. The number of hydrogen-bond acceptors (Lipinski definition) is 6. The summed E-state index contributed by atoms with van der Waals surface area (Å²) in [6, 6.07) is 12.3. The number of rotatable bonds is 5. The number of aryl methyl sites for hydroxylation is 4. The molecule has 1 fully saturated rings. The molecule has 1 aliphatic rings. The van der Waals surface area contributed by atoms with Crippen molar-refractivity contribution in [3.63, 3.8) is 0 Å². The minimum Gasteiger partial charge on any atom is -0.469 e. The molecule has 30 heavy (non-hydrogen) atoms. The first-order chi connectivity index (χ1) is 14.7. The average molecular weight is 403 g/mol. The standard InChI is InChI=1S/C23H25N5O2/c1-16-5-7-18(8-6-16)28-23-21(17(2)26-28)22(27-11-14-29-15-12-27)24-20(25-23)10-9-19-4-3-13-30-19/h3-8,13H,9-12,14-15H2,1-2H3. The highest BCUT2D eigenvalue weighted by atomic mass is 16.5. The van der Waals surface area contributed by atoms with Gasteiger partial charge in [0.25, 0.3) is 0 Å². The number of nitrogens with zero attached hydrogens (tertiary/aromatic N) is 5. The first-order valence-corrected chi connectivity index (χ1v) is 10.4. The van der Waals surface area contributed by atoms with Crippen molar-refractivity contribution >= 4 is 16.9 Å². The molecule has 3 aromatic heterocycles. The van der Waals surface area contributed by atoms with Crippen LogP contribution in [0, 0.1) is 13.8 Å². The first-order valence-electron chi connectivity index (χ1n) is 10.4. The van der Waals surface area contributed by atoms with Crippen LogP contribution in [-0.2, 0) is 17.6 Å². The number of ether oxygens (including phenoxy) is 1. The largest absolute Gasteiger partial charge is 0.469 e. The van der Waals surface area contributed by atoms with Gasteiger partial charge in [0.15, 0.2) is 5.65 Å². The SMILES string of the molecule is Cc1ccc(-n2nc(C)c3c(N4CCOCC4)nc(CCc4ccco4)nc32)cc1. The van der Waals surface area contributed by atoms with E-state index in [4.69, 9.17) is 24.2 Å². The van der Waals surface area contributed by atoms with Gasteiger partial charge in [-0.3, -0.25) is 0 Å². The van der Waals surface area contributed by atoms with E-state index in [-0.39, 0.29) is 0 Å². The Labute approximate surface area is 175 Å². The fourth-order valence-corrected chi connectivity index (χ4v) is 3.88. The number of aromatic nitrogens is 4. The van der Waals surface area contributed by atoms with Gasteiger partial charge in [-0.15, -0.1) is 0 Å². The molecule has 0 amide bonds. The summed E-state index contributed by atoms with van der Waals surface area (Å²) in [7, 11) is 0. The lowest BCUT2D eigenvalue weighted by Crippen LogP contribution is -2.37. The molecular weight excluding hydrogens is 378 g/mol. The van der Waals surface area contributed by atoms with Crippen LogP contribution in [0.25, 0.3) is 16.7 Å². The predicted octanol–water partition coefficient (Wildman–Crippen LogP) is 3.65. The molecule has 0 N–H and O–H groups in total. The van der Waals surface area contributed by atoms with Gasteiger partial charge in [-0.25, -0.2) is 14.6 Å². The third-order valence-corrected chi connectivity index (χ3v) is 5.49. The highest BCUT2D eigenvalue weighted by Crippen LogP contribution is 2.30.